The number of esters is 3. The van der Waals surface area contributed by atoms with Gasteiger partial charge in [0.15, 0.2) is 6.10 Å². The molecule has 0 aliphatic rings. The Balaban J connectivity index is 4.32. The van der Waals surface area contributed by atoms with Crippen LogP contribution in [0.4, 0.5) is 0 Å². The minimum Gasteiger partial charge on any atom is -0.462 e. The van der Waals surface area contributed by atoms with Crippen LogP contribution >= 0.6 is 0 Å². The van der Waals surface area contributed by atoms with Gasteiger partial charge in [0.25, 0.3) is 0 Å². The Morgan fingerprint density at radius 3 is 0.984 bits per heavy atom. The van der Waals surface area contributed by atoms with Gasteiger partial charge in [-0.25, -0.2) is 0 Å². The molecule has 0 heterocycles. The Kier molecular flexibility index (Phi) is 50.3. The highest BCUT2D eigenvalue weighted by Gasteiger charge is 2.19. The quantitative estimate of drug-likeness (QED) is 0.0262. The van der Waals surface area contributed by atoms with Gasteiger partial charge in [-0.1, -0.05) is 237 Å². The lowest BCUT2D eigenvalue weighted by atomic mass is 10.0. The van der Waals surface area contributed by atoms with Crippen LogP contribution in [0.2, 0.25) is 0 Å². The molecule has 0 spiro atoms. The smallest absolute Gasteiger partial charge is 0.306 e. The molecular formula is C57H104O6. The maximum atomic E-state index is 12.8. The van der Waals surface area contributed by atoms with Crippen molar-refractivity contribution in [1.82, 2.24) is 0 Å². The van der Waals surface area contributed by atoms with Crippen LogP contribution in [-0.2, 0) is 28.6 Å². The fourth-order valence-electron chi connectivity index (χ4n) is 8.01. The predicted octanol–water partition coefficient (Wildman–Crippen LogP) is 18.1. The summed E-state index contributed by atoms with van der Waals surface area (Å²) in [5, 5.41) is 0. The number of ether oxygens (including phenoxy) is 3. The monoisotopic (exact) mass is 885 g/mol. The predicted molar refractivity (Wildman–Crippen MR) is 270 cm³/mol. The summed E-state index contributed by atoms with van der Waals surface area (Å²) in [6.45, 7) is 6.54. The third-order valence-corrected chi connectivity index (χ3v) is 12.1. The molecule has 0 radical (unpaired) electrons. The minimum absolute atomic E-state index is 0.0751. The third-order valence-electron chi connectivity index (χ3n) is 12.1. The summed E-state index contributed by atoms with van der Waals surface area (Å²) in [7, 11) is 0. The summed E-state index contributed by atoms with van der Waals surface area (Å²) in [5.74, 6) is -0.881. The number of unbranched alkanes of at least 4 members (excludes halogenated alkanes) is 33. The minimum atomic E-state index is -0.776. The van der Waals surface area contributed by atoms with Crippen molar-refractivity contribution in [1.29, 1.82) is 0 Å². The van der Waals surface area contributed by atoms with Gasteiger partial charge < -0.3 is 14.2 Å². The van der Waals surface area contributed by atoms with Crippen LogP contribution in [0.1, 0.15) is 290 Å². The average molecular weight is 885 g/mol. The molecule has 0 aromatic rings. The summed E-state index contributed by atoms with van der Waals surface area (Å²) in [5.41, 5.74) is 0. The lowest BCUT2D eigenvalue weighted by Crippen LogP contribution is -2.30. The molecule has 6 heteroatoms. The van der Waals surface area contributed by atoms with E-state index in [2.05, 4.69) is 57.2 Å². The molecule has 0 aliphatic heterocycles. The fourth-order valence-corrected chi connectivity index (χ4v) is 8.01. The summed E-state index contributed by atoms with van der Waals surface area (Å²) >= 11 is 0. The van der Waals surface area contributed by atoms with Crippen molar-refractivity contribution in [2.45, 2.75) is 297 Å². The molecule has 63 heavy (non-hydrogen) atoms. The zero-order valence-electron chi connectivity index (χ0n) is 42.1. The molecule has 0 amide bonds. The average Bonchev–Trinajstić information content (AvgIpc) is 3.28. The van der Waals surface area contributed by atoms with Gasteiger partial charge >= 0.3 is 17.9 Å². The first-order chi connectivity index (χ1) is 31.0. The fraction of sp³-hybridized carbons (Fsp3) is 0.842. The van der Waals surface area contributed by atoms with E-state index < -0.39 is 6.10 Å². The Labute approximate surface area is 391 Å². The van der Waals surface area contributed by atoms with E-state index in [9.17, 15) is 14.4 Å². The Bertz CT molecular complexity index is 1060. The number of hydrogen-bond acceptors (Lipinski definition) is 6. The third kappa shape index (κ3) is 50.5. The van der Waals surface area contributed by atoms with E-state index in [4.69, 9.17) is 14.2 Å². The summed E-state index contributed by atoms with van der Waals surface area (Å²) in [4.78, 5) is 38.0. The Morgan fingerprint density at radius 2 is 0.619 bits per heavy atom. The van der Waals surface area contributed by atoms with Crippen molar-refractivity contribution >= 4 is 17.9 Å². The van der Waals surface area contributed by atoms with Crippen LogP contribution in [0.5, 0.6) is 0 Å². The Hall–Kier alpha value is -2.37. The van der Waals surface area contributed by atoms with E-state index in [1.54, 1.807) is 0 Å². The van der Waals surface area contributed by atoms with Crippen LogP contribution < -0.4 is 0 Å². The zero-order valence-corrected chi connectivity index (χ0v) is 42.1. The molecule has 0 saturated heterocycles. The SMILES string of the molecule is CC/C=C\C/C=C\CCCCCCCC(=O)OCC(COC(=O)CCCCCCCCCCCCCCCCCCCC)OC(=O)CCCCCCCCC/C=C\CCCCCC. The van der Waals surface area contributed by atoms with Gasteiger partial charge in [-0.3, -0.25) is 14.4 Å². The van der Waals surface area contributed by atoms with E-state index in [-0.39, 0.29) is 31.1 Å². The van der Waals surface area contributed by atoms with Crippen LogP contribution in [0, 0.1) is 0 Å². The molecule has 0 bridgehead atoms. The summed E-state index contributed by atoms with van der Waals surface area (Å²) < 4.78 is 16.8. The van der Waals surface area contributed by atoms with Gasteiger partial charge in [0.1, 0.15) is 13.2 Å². The molecule has 0 rings (SSSR count). The first-order valence-electron chi connectivity index (χ1n) is 27.5. The zero-order chi connectivity index (χ0) is 45.8. The molecule has 6 nitrogen and oxygen atoms in total. The lowest BCUT2D eigenvalue weighted by Gasteiger charge is -2.18. The van der Waals surface area contributed by atoms with E-state index in [1.807, 2.05) is 0 Å². The molecular weight excluding hydrogens is 781 g/mol. The summed E-state index contributed by atoms with van der Waals surface area (Å²) in [6, 6.07) is 0. The Morgan fingerprint density at radius 1 is 0.333 bits per heavy atom. The van der Waals surface area contributed by atoms with Gasteiger partial charge in [-0.05, 0) is 70.6 Å². The van der Waals surface area contributed by atoms with Crippen molar-refractivity contribution in [3.63, 3.8) is 0 Å². The van der Waals surface area contributed by atoms with Gasteiger partial charge in [0.05, 0.1) is 0 Å². The second-order valence-electron chi connectivity index (χ2n) is 18.5. The number of carbonyl (C=O) groups is 3. The molecule has 0 saturated carbocycles. The van der Waals surface area contributed by atoms with Gasteiger partial charge in [-0.2, -0.15) is 0 Å². The number of hydrogen-bond donors (Lipinski definition) is 0. The van der Waals surface area contributed by atoms with Crippen LogP contribution in [0.3, 0.4) is 0 Å². The molecule has 0 aliphatic carbocycles. The van der Waals surface area contributed by atoms with Crippen LogP contribution in [0.25, 0.3) is 0 Å². The van der Waals surface area contributed by atoms with Crippen molar-refractivity contribution in [3.05, 3.63) is 36.5 Å². The van der Waals surface area contributed by atoms with Gasteiger partial charge in [-0.15, -0.1) is 0 Å². The van der Waals surface area contributed by atoms with E-state index in [0.717, 1.165) is 83.5 Å². The maximum Gasteiger partial charge on any atom is 0.306 e. The highest BCUT2D eigenvalue weighted by Crippen LogP contribution is 2.16. The highest BCUT2D eigenvalue weighted by molar-refractivity contribution is 5.71. The van der Waals surface area contributed by atoms with Crippen molar-refractivity contribution < 1.29 is 28.6 Å². The van der Waals surface area contributed by atoms with Crippen LogP contribution in [0.15, 0.2) is 36.5 Å². The van der Waals surface area contributed by atoms with E-state index in [0.29, 0.717) is 19.3 Å². The molecule has 368 valence electrons. The molecule has 0 aromatic heterocycles. The molecule has 0 aromatic carbocycles. The first kappa shape index (κ1) is 60.6. The second-order valence-corrected chi connectivity index (χ2v) is 18.5. The largest absolute Gasteiger partial charge is 0.462 e. The van der Waals surface area contributed by atoms with Gasteiger partial charge in [0, 0.05) is 19.3 Å². The van der Waals surface area contributed by atoms with Gasteiger partial charge in [0.2, 0.25) is 0 Å². The molecule has 1 atom stereocenters. The summed E-state index contributed by atoms with van der Waals surface area (Å²) in [6.07, 6.45) is 61.3. The van der Waals surface area contributed by atoms with E-state index >= 15 is 0 Å². The number of allylic oxidation sites excluding steroid dienone is 6. The maximum absolute atomic E-state index is 12.8. The first-order valence-corrected chi connectivity index (χ1v) is 27.5. The standard InChI is InChI=1S/C57H104O6/c1-4-7-10-13-16-19-22-25-27-28-29-31-32-35-38-41-44-47-50-56(59)62-53-54(52-61-55(58)49-46-43-40-37-34-24-21-18-15-12-9-6-3)63-57(60)51-48-45-42-39-36-33-30-26-23-20-17-14-11-8-5-2/h9,12,18,20-21,23,54H,4-8,10-11,13-17,19,22,24-53H2,1-3H3/b12-9-,21-18-,23-20-. The molecule has 0 N–H and O–H groups in total. The topological polar surface area (TPSA) is 78.9 Å². The molecule has 0 fully saturated rings. The van der Waals surface area contributed by atoms with Crippen molar-refractivity contribution in [2.75, 3.05) is 13.2 Å². The van der Waals surface area contributed by atoms with E-state index in [1.165, 1.54) is 167 Å². The van der Waals surface area contributed by atoms with Crippen molar-refractivity contribution in [3.8, 4) is 0 Å². The lowest BCUT2D eigenvalue weighted by molar-refractivity contribution is -0.167. The second kappa shape index (κ2) is 52.3. The van der Waals surface area contributed by atoms with Crippen LogP contribution in [-0.4, -0.2) is 37.2 Å². The van der Waals surface area contributed by atoms with Crippen molar-refractivity contribution in [2.24, 2.45) is 0 Å². The number of carbonyl (C=O) groups excluding carboxylic acids is 3. The normalized spacial score (nSPS) is 12.2. The molecule has 1 unspecified atom stereocenters. The number of rotatable bonds is 50. The highest BCUT2D eigenvalue weighted by atomic mass is 16.6.